The maximum absolute atomic E-state index is 11.8. The molecule has 0 radical (unpaired) electrons. The molecule has 0 fully saturated rings. The van der Waals surface area contributed by atoms with Gasteiger partial charge in [-0.05, 0) is 12.1 Å². The van der Waals surface area contributed by atoms with E-state index in [2.05, 4.69) is 15.3 Å². The number of hydrogen-bond donors (Lipinski definition) is 3. The molecular weight excluding hydrogens is 274 g/mol. The molecule has 1 amide bonds. The monoisotopic (exact) mass is 281 g/mol. The number of benzene rings is 1. The number of nitrogen functional groups attached to an aromatic ring is 1. The third-order valence-corrected chi connectivity index (χ3v) is 2.56. The molecule has 0 unspecified atom stereocenters. The second-order valence-corrected chi connectivity index (χ2v) is 3.97. The van der Waals surface area contributed by atoms with Crippen LogP contribution in [0.3, 0.4) is 0 Å². The molecule has 2 aromatic rings. The summed E-state index contributed by atoms with van der Waals surface area (Å²) in [6.07, 6.45) is 1.26. The van der Waals surface area contributed by atoms with E-state index in [0.717, 1.165) is 0 Å². The zero-order valence-electron chi connectivity index (χ0n) is 9.38. The van der Waals surface area contributed by atoms with Gasteiger partial charge in [0.2, 0.25) is 0 Å². The molecule has 0 aliphatic rings. The van der Waals surface area contributed by atoms with Crippen LogP contribution in [0.4, 0.5) is 17.3 Å². The van der Waals surface area contributed by atoms with Crippen molar-refractivity contribution in [2.24, 2.45) is 0 Å². The van der Waals surface area contributed by atoms with Crippen LogP contribution in [0.5, 0.6) is 0 Å². The molecule has 0 bridgehead atoms. The molecule has 0 saturated carbocycles. The van der Waals surface area contributed by atoms with Gasteiger partial charge in [0.05, 0.1) is 11.1 Å². The van der Waals surface area contributed by atoms with E-state index in [4.69, 9.17) is 17.3 Å². The number of carbonyl (C=O) groups excluding carboxylic acids is 1. The second kappa shape index (κ2) is 4.94. The third-order valence-electron chi connectivity index (χ3n) is 2.24. The summed E-state index contributed by atoms with van der Waals surface area (Å²) in [5.74, 6) is -0.409. The number of aromatic nitrogens is 2. The number of nitrogens with two attached hydrogens (primary N) is 1. The Balaban J connectivity index is 2.22. The van der Waals surface area contributed by atoms with Crippen molar-refractivity contribution in [3.63, 3.8) is 0 Å². The van der Waals surface area contributed by atoms with Gasteiger partial charge < -0.3 is 16.0 Å². The lowest BCUT2D eigenvalue weighted by Gasteiger charge is -2.04. The molecule has 98 valence electrons. The smallest absolute Gasteiger partial charge is 0.289 e. The van der Waals surface area contributed by atoms with E-state index in [0.29, 0.717) is 0 Å². The Labute approximate surface area is 111 Å². The number of H-pyrrole nitrogens is 1. The fourth-order valence-electron chi connectivity index (χ4n) is 1.38. The number of rotatable bonds is 3. The van der Waals surface area contributed by atoms with Crippen LogP contribution in [-0.4, -0.2) is 20.8 Å². The Bertz CT molecular complexity index is 654. The Kier molecular flexibility index (Phi) is 3.34. The number of amides is 1. The zero-order valence-corrected chi connectivity index (χ0v) is 10.1. The molecule has 4 N–H and O–H groups in total. The Morgan fingerprint density at radius 3 is 2.84 bits per heavy atom. The van der Waals surface area contributed by atoms with E-state index in [1.165, 1.54) is 24.4 Å². The molecule has 0 saturated heterocycles. The van der Waals surface area contributed by atoms with Crippen LogP contribution in [0.15, 0.2) is 24.4 Å². The van der Waals surface area contributed by atoms with Gasteiger partial charge in [0.25, 0.3) is 11.6 Å². The highest BCUT2D eigenvalue weighted by Gasteiger charge is 2.15. The van der Waals surface area contributed by atoms with Gasteiger partial charge in [-0.15, -0.1) is 0 Å². The summed E-state index contributed by atoms with van der Waals surface area (Å²) >= 11 is 5.66. The summed E-state index contributed by atoms with van der Waals surface area (Å²) in [5, 5.41) is 13.2. The number of carbonyl (C=O) groups is 1. The number of hydrogen-bond acceptors (Lipinski definition) is 5. The first-order valence-electron chi connectivity index (χ1n) is 5.03. The summed E-state index contributed by atoms with van der Waals surface area (Å²) in [5.41, 5.74) is 5.44. The lowest BCUT2D eigenvalue weighted by molar-refractivity contribution is -0.384. The first-order chi connectivity index (χ1) is 8.97. The average molecular weight is 282 g/mol. The molecule has 0 spiro atoms. The lowest BCUT2D eigenvalue weighted by Crippen LogP contribution is -2.12. The van der Waals surface area contributed by atoms with Gasteiger partial charge >= 0.3 is 0 Å². The van der Waals surface area contributed by atoms with E-state index < -0.39 is 10.8 Å². The van der Waals surface area contributed by atoms with Crippen molar-refractivity contribution in [2.45, 2.75) is 0 Å². The van der Waals surface area contributed by atoms with Crippen LogP contribution in [0, 0.1) is 10.1 Å². The Morgan fingerprint density at radius 2 is 2.26 bits per heavy atom. The molecule has 19 heavy (non-hydrogen) atoms. The van der Waals surface area contributed by atoms with Crippen LogP contribution < -0.4 is 11.1 Å². The highest BCUT2D eigenvalue weighted by molar-refractivity contribution is 6.32. The first kappa shape index (κ1) is 12.8. The Morgan fingerprint density at radius 1 is 1.53 bits per heavy atom. The molecule has 1 aromatic heterocycles. The van der Waals surface area contributed by atoms with Crippen molar-refractivity contribution in [1.29, 1.82) is 0 Å². The van der Waals surface area contributed by atoms with E-state index in [1.54, 1.807) is 0 Å². The molecule has 0 aliphatic heterocycles. The molecule has 9 heteroatoms. The highest BCUT2D eigenvalue weighted by atomic mass is 35.5. The van der Waals surface area contributed by atoms with Crippen LogP contribution in [-0.2, 0) is 0 Å². The largest absolute Gasteiger partial charge is 0.369 e. The van der Waals surface area contributed by atoms with Gasteiger partial charge in [0.1, 0.15) is 10.7 Å². The Hall–Kier alpha value is -2.61. The van der Waals surface area contributed by atoms with Gasteiger partial charge in [-0.2, -0.15) is 0 Å². The summed E-state index contributed by atoms with van der Waals surface area (Å²) < 4.78 is 0. The van der Waals surface area contributed by atoms with E-state index >= 15 is 0 Å². The van der Waals surface area contributed by atoms with Crippen molar-refractivity contribution in [1.82, 2.24) is 9.97 Å². The quantitative estimate of drug-likeness (QED) is 0.584. The van der Waals surface area contributed by atoms with Gasteiger partial charge in [-0.25, -0.2) is 4.98 Å². The molecule has 1 aromatic carbocycles. The maximum atomic E-state index is 11.8. The number of anilines is 2. The van der Waals surface area contributed by atoms with Crippen LogP contribution >= 0.6 is 11.6 Å². The normalized spacial score (nSPS) is 10.2. The van der Waals surface area contributed by atoms with E-state index in [9.17, 15) is 14.9 Å². The predicted octanol–water partition coefficient (Wildman–Crippen LogP) is 1.81. The topological polar surface area (TPSA) is 127 Å². The van der Waals surface area contributed by atoms with Crippen LogP contribution in [0.2, 0.25) is 5.02 Å². The lowest BCUT2D eigenvalue weighted by atomic mass is 10.2. The molecule has 2 rings (SSSR count). The van der Waals surface area contributed by atoms with Crippen molar-refractivity contribution < 1.29 is 9.72 Å². The number of halogens is 1. The minimum atomic E-state index is -0.633. The number of nitrogens with zero attached hydrogens (tertiary/aromatic N) is 2. The SMILES string of the molecule is Nc1ncc(C(=O)Nc2ccc(Cl)c([N+](=O)[O-])c2)[nH]1. The molecule has 0 atom stereocenters. The van der Waals surface area contributed by atoms with Crippen LogP contribution in [0.1, 0.15) is 10.5 Å². The third kappa shape index (κ3) is 2.80. The van der Waals surface area contributed by atoms with E-state index in [-0.39, 0.29) is 28.0 Å². The van der Waals surface area contributed by atoms with Crippen LogP contribution in [0.25, 0.3) is 0 Å². The minimum Gasteiger partial charge on any atom is -0.369 e. The second-order valence-electron chi connectivity index (χ2n) is 3.56. The van der Waals surface area contributed by atoms with Gasteiger partial charge in [-0.1, -0.05) is 11.6 Å². The zero-order chi connectivity index (χ0) is 14.0. The summed E-state index contributed by atoms with van der Waals surface area (Å²) in [6, 6.07) is 3.95. The van der Waals surface area contributed by atoms with E-state index in [1.807, 2.05) is 0 Å². The molecule has 8 nitrogen and oxygen atoms in total. The first-order valence-corrected chi connectivity index (χ1v) is 5.41. The number of imidazole rings is 1. The number of nitrogens with one attached hydrogen (secondary N) is 2. The standard InChI is InChI=1S/C10H8ClN5O3/c11-6-2-1-5(3-8(6)16(18)19)14-9(17)7-4-13-10(12)15-7/h1-4H,(H,14,17)(H3,12,13,15). The van der Waals surface area contributed by atoms with Crippen molar-refractivity contribution in [2.75, 3.05) is 11.1 Å². The van der Waals surface area contributed by atoms with Crippen molar-refractivity contribution >= 4 is 34.8 Å². The fourth-order valence-corrected chi connectivity index (χ4v) is 1.57. The van der Waals surface area contributed by atoms with Gasteiger partial charge in [0, 0.05) is 11.8 Å². The number of nitro benzene ring substituents is 1. The fraction of sp³-hybridized carbons (Fsp3) is 0. The number of nitro groups is 1. The molecule has 0 aliphatic carbocycles. The maximum Gasteiger partial charge on any atom is 0.289 e. The highest BCUT2D eigenvalue weighted by Crippen LogP contribution is 2.27. The summed E-state index contributed by atoms with van der Waals surface area (Å²) in [7, 11) is 0. The molecular formula is C10H8ClN5O3. The summed E-state index contributed by atoms with van der Waals surface area (Å²) in [4.78, 5) is 28.0. The van der Waals surface area contributed by atoms with Gasteiger partial charge in [0.15, 0.2) is 5.95 Å². The number of aromatic amines is 1. The van der Waals surface area contributed by atoms with Gasteiger partial charge in [-0.3, -0.25) is 14.9 Å². The molecule has 1 heterocycles. The summed E-state index contributed by atoms with van der Waals surface area (Å²) in [6.45, 7) is 0. The minimum absolute atomic E-state index is 0.00576. The predicted molar refractivity (Wildman–Crippen MR) is 69.1 cm³/mol. The van der Waals surface area contributed by atoms with Crippen molar-refractivity contribution in [3.8, 4) is 0 Å². The van der Waals surface area contributed by atoms with Crippen molar-refractivity contribution in [3.05, 3.63) is 45.2 Å². The average Bonchev–Trinajstić information content (AvgIpc) is 2.78.